The summed E-state index contributed by atoms with van der Waals surface area (Å²) in [5.41, 5.74) is 2.90. The highest BCUT2D eigenvalue weighted by atomic mass is 19.1. The molecule has 4 aromatic rings. The molecule has 1 saturated carbocycles. The van der Waals surface area contributed by atoms with E-state index < -0.39 is 45.4 Å². The van der Waals surface area contributed by atoms with E-state index in [0.717, 1.165) is 11.1 Å². The highest BCUT2D eigenvalue weighted by molar-refractivity contribution is 6.03. The van der Waals surface area contributed by atoms with Crippen LogP contribution in [-0.2, 0) is 22.7 Å². The minimum Gasteiger partial charge on any atom is -0.490 e. The molecule has 6 atom stereocenters. The molecular weight excluding hydrogens is 880 g/mol. The third-order valence-corrected chi connectivity index (χ3v) is 12.7. The van der Waals surface area contributed by atoms with Crippen LogP contribution >= 0.6 is 0 Å². The standard InChI is InChI=1S/C51H55FN4O12/c1-3-27-64-41-23-24-46-44(30-41)48-42(10-6-8-26-58)36(9-5-7-25-57)29-43-45(53-66-33-35-13-17-38(18-14-35)55(60)61)31-47(51(68-46,49(43)48)65-28-4-2)54(32-34-11-15-37(52)16-12-34)50(59)67-40-21-19-39(20-22-40)56(62)63/h3-4,11-24,29-30,36,42,47-49,57-58H,1-2,5-10,25-28,31-33H2. The summed E-state index contributed by atoms with van der Waals surface area (Å²) < 4.78 is 40.9. The fraction of sp³-hybridized carbons (Fsp3) is 0.373. The predicted molar refractivity (Wildman–Crippen MR) is 250 cm³/mol. The monoisotopic (exact) mass is 934 g/mol. The van der Waals surface area contributed by atoms with Crippen molar-refractivity contribution in [2.24, 2.45) is 22.9 Å². The van der Waals surface area contributed by atoms with Gasteiger partial charge in [-0.05, 0) is 109 Å². The van der Waals surface area contributed by atoms with Gasteiger partial charge in [0.15, 0.2) is 0 Å². The van der Waals surface area contributed by atoms with Crippen molar-refractivity contribution in [2.75, 3.05) is 26.4 Å². The number of rotatable bonds is 23. The van der Waals surface area contributed by atoms with Gasteiger partial charge in [-0.1, -0.05) is 54.9 Å². The number of hydrogen-bond acceptors (Lipinski definition) is 13. The normalized spacial score (nSPS) is 21.8. The zero-order valence-electron chi connectivity index (χ0n) is 37.5. The van der Waals surface area contributed by atoms with Crippen molar-refractivity contribution in [1.29, 1.82) is 0 Å². The van der Waals surface area contributed by atoms with E-state index in [2.05, 4.69) is 19.2 Å². The van der Waals surface area contributed by atoms with Crippen LogP contribution in [0.1, 0.15) is 67.6 Å². The van der Waals surface area contributed by atoms with Crippen LogP contribution < -0.4 is 14.2 Å². The van der Waals surface area contributed by atoms with Crippen molar-refractivity contribution in [3.63, 3.8) is 0 Å². The van der Waals surface area contributed by atoms with E-state index in [1.165, 1.54) is 53.4 Å². The predicted octanol–water partition coefficient (Wildman–Crippen LogP) is 9.74. The number of nitro groups is 2. The van der Waals surface area contributed by atoms with Crippen LogP contribution in [-0.4, -0.2) is 75.0 Å². The van der Waals surface area contributed by atoms with Crippen LogP contribution in [0.5, 0.6) is 17.2 Å². The first-order valence-corrected chi connectivity index (χ1v) is 22.6. The quantitative estimate of drug-likeness (QED) is 0.0309. The number of amides is 1. The van der Waals surface area contributed by atoms with Crippen molar-refractivity contribution in [1.82, 2.24) is 4.90 Å². The number of ether oxygens (including phenoxy) is 4. The fourth-order valence-electron chi connectivity index (χ4n) is 9.68. The molecule has 1 aliphatic heterocycles. The lowest BCUT2D eigenvalue weighted by molar-refractivity contribution is -0.385. The molecule has 0 radical (unpaired) electrons. The van der Waals surface area contributed by atoms with Gasteiger partial charge in [-0.2, -0.15) is 0 Å². The maximum Gasteiger partial charge on any atom is 0.416 e. The molecule has 358 valence electrons. The van der Waals surface area contributed by atoms with E-state index in [-0.39, 0.29) is 75.0 Å². The van der Waals surface area contributed by atoms with Crippen LogP contribution in [0.3, 0.4) is 0 Å². The SMILES string of the molecule is C=CCOc1ccc2c(c1)C1C(CCCCO)C(CCCCO)C=C3C(=NOCc4ccc([N+](=O)[O-])cc4)CC(N(Cc4ccc(F)cc4)C(=O)Oc4ccc([N+](=O)[O-])cc4)C(OCC=C)(O2)C31. The maximum atomic E-state index is 15.0. The average Bonchev–Trinajstić information content (AvgIpc) is 3.34. The number of non-ortho nitro benzene ring substituents is 2. The second-order valence-corrected chi connectivity index (χ2v) is 16.9. The zero-order valence-corrected chi connectivity index (χ0v) is 37.5. The Bertz CT molecular complexity index is 2480. The number of hydrogen-bond donors (Lipinski definition) is 2. The number of benzene rings is 4. The van der Waals surface area contributed by atoms with Crippen molar-refractivity contribution < 1.29 is 53.0 Å². The first kappa shape index (κ1) is 49.0. The molecule has 2 aliphatic carbocycles. The summed E-state index contributed by atoms with van der Waals surface area (Å²) in [6.45, 7) is 7.84. The fourth-order valence-corrected chi connectivity index (χ4v) is 9.68. The molecule has 0 bridgehead atoms. The highest BCUT2D eigenvalue weighted by Gasteiger charge is 2.65. The van der Waals surface area contributed by atoms with Crippen LogP contribution in [0.25, 0.3) is 0 Å². The Balaban J connectivity index is 1.45. The average molecular weight is 935 g/mol. The molecule has 1 heterocycles. The summed E-state index contributed by atoms with van der Waals surface area (Å²) in [4.78, 5) is 44.4. The van der Waals surface area contributed by atoms with Gasteiger partial charge in [0.1, 0.15) is 42.3 Å². The van der Waals surface area contributed by atoms with Gasteiger partial charge < -0.3 is 34.0 Å². The Morgan fingerprint density at radius 2 is 1.49 bits per heavy atom. The van der Waals surface area contributed by atoms with E-state index in [1.54, 1.807) is 42.5 Å². The van der Waals surface area contributed by atoms with Crippen molar-refractivity contribution in [2.45, 2.75) is 75.8 Å². The number of oxime groups is 1. The number of carbonyl (C=O) groups is 1. The summed E-state index contributed by atoms with van der Waals surface area (Å²) in [5, 5.41) is 47.6. The summed E-state index contributed by atoms with van der Waals surface area (Å²) in [6.07, 6.45) is 8.46. The lowest BCUT2D eigenvalue weighted by Crippen LogP contribution is -2.70. The molecular formula is C51H55FN4O12. The number of carbonyl (C=O) groups excluding carboxylic acids is 1. The molecule has 2 N–H and O–H groups in total. The van der Waals surface area contributed by atoms with Crippen LogP contribution in [0.2, 0.25) is 0 Å². The second-order valence-electron chi connectivity index (χ2n) is 16.9. The van der Waals surface area contributed by atoms with Gasteiger partial charge in [0.25, 0.3) is 11.4 Å². The Hall–Kier alpha value is -6.95. The third kappa shape index (κ3) is 11.1. The molecule has 0 spiro atoms. The summed E-state index contributed by atoms with van der Waals surface area (Å²) in [7, 11) is 0. The first-order valence-electron chi connectivity index (χ1n) is 22.6. The molecule has 4 aromatic carbocycles. The van der Waals surface area contributed by atoms with E-state index in [1.807, 2.05) is 12.1 Å². The van der Waals surface area contributed by atoms with Crippen LogP contribution in [0, 0.1) is 43.8 Å². The van der Waals surface area contributed by atoms with E-state index in [0.29, 0.717) is 66.9 Å². The minimum absolute atomic E-state index is 0.00288. The number of halogens is 1. The van der Waals surface area contributed by atoms with E-state index in [9.17, 15) is 34.8 Å². The number of unbranched alkanes of at least 4 members (excludes halogenated alkanes) is 2. The second kappa shape index (κ2) is 22.7. The molecule has 0 aromatic heterocycles. The van der Waals surface area contributed by atoms with Gasteiger partial charge >= 0.3 is 6.09 Å². The van der Waals surface area contributed by atoms with Crippen molar-refractivity contribution in [3.05, 3.63) is 171 Å². The van der Waals surface area contributed by atoms with Gasteiger partial charge in [-0.25, -0.2) is 9.18 Å². The Morgan fingerprint density at radius 3 is 2.13 bits per heavy atom. The third-order valence-electron chi connectivity index (χ3n) is 12.7. The van der Waals surface area contributed by atoms with Crippen LogP contribution in [0.15, 0.2) is 133 Å². The molecule has 3 aliphatic rings. The molecule has 1 fully saturated rings. The number of nitro benzene ring substituents is 2. The minimum atomic E-state index is -1.70. The highest BCUT2D eigenvalue weighted by Crippen LogP contribution is 2.62. The Labute approximate surface area is 393 Å². The van der Waals surface area contributed by atoms with Gasteiger partial charge in [0.2, 0.25) is 5.79 Å². The topological polar surface area (TPSA) is 206 Å². The number of allylic oxidation sites excluding steroid dienone is 1. The zero-order chi connectivity index (χ0) is 48.2. The smallest absolute Gasteiger partial charge is 0.416 e. The summed E-state index contributed by atoms with van der Waals surface area (Å²) in [6, 6.07) is 21.2. The van der Waals surface area contributed by atoms with Gasteiger partial charge in [0.05, 0.1) is 28.1 Å². The number of aliphatic hydroxyl groups is 2. The van der Waals surface area contributed by atoms with Crippen molar-refractivity contribution in [3.8, 4) is 17.2 Å². The maximum absolute atomic E-state index is 15.0. The van der Waals surface area contributed by atoms with Crippen LogP contribution in [0.4, 0.5) is 20.6 Å². The summed E-state index contributed by atoms with van der Waals surface area (Å²) >= 11 is 0. The molecule has 16 nitrogen and oxygen atoms in total. The van der Waals surface area contributed by atoms with Gasteiger partial charge in [-0.3, -0.25) is 25.1 Å². The van der Waals surface area contributed by atoms with Gasteiger partial charge in [-0.15, -0.1) is 6.58 Å². The molecule has 17 heteroatoms. The Kier molecular flexibility index (Phi) is 16.3. The van der Waals surface area contributed by atoms with E-state index in [4.69, 9.17) is 28.9 Å². The number of nitrogens with zero attached hydrogens (tertiary/aromatic N) is 4. The van der Waals surface area contributed by atoms with Crippen molar-refractivity contribution >= 4 is 23.2 Å². The molecule has 68 heavy (non-hydrogen) atoms. The lowest BCUT2D eigenvalue weighted by Gasteiger charge is -2.59. The molecule has 0 saturated heterocycles. The largest absolute Gasteiger partial charge is 0.490 e. The number of aliphatic hydroxyl groups excluding tert-OH is 2. The number of fused-ring (bicyclic) bond motifs is 2. The molecule has 7 rings (SSSR count). The summed E-state index contributed by atoms with van der Waals surface area (Å²) in [5.74, 6) is -2.38. The van der Waals surface area contributed by atoms with Gasteiger partial charge in [0, 0.05) is 61.9 Å². The van der Waals surface area contributed by atoms with E-state index >= 15 is 4.79 Å². The lowest BCUT2D eigenvalue weighted by atomic mass is 9.55. The molecule has 6 unspecified atom stereocenters. The first-order chi connectivity index (χ1) is 33.0. The molecule has 1 amide bonds. The Morgan fingerprint density at radius 1 is 0.853 bits per heavy atom.